The number of benzene rings is 4. The maximum absolute atomic E-state index is 13.6. The molecule has 0 radical (unpaired) electrons. The molecule has 0 saturated carbocycles. The molecule has 4 aromatic carbocycles. The molecule has 0 amide bonds. The summed E-state index contributed by atoms with van der Waals surface area (Å²) in [5, 5.41) is 22.2. The lowest BCUT2D eigenvalue weighted by atomic mass is 9.86. The first-order chi connectivity index (χ1) is 26.6. The van der Waals surface area contributed by atoms with Crippen LogP contribution in [0.4, 0.5) is 0 Å². The number of carbonyl (C=O) groups is 2. The molecular formula is C48H64N2O6. The molecule has 4 atom stereocenters. The van der Waals surface area contributed by atoms with Gasteiger partial charge < -0.3 is 19.7 Å². The number of esters is 2. The summed E-state index contributed by atoms with van der Waals surface area (Å²) in [5.74, 6) is -2.03. The van der Waals surface area contributed by atoms with Gasteiger partial charge in [-0.1, -0.05) is 96.1 Å². The first-order valence-electron chi connectivity index (χ1n) is 20.2. The largest absolute Gasteiger partial charge is 0.424 e. The molecule has 4 rings (SSSR count). The molecule has 0 saturated heterocycles. The summed E-state index contributed by atoms with van der Waals surface area (Å²) >= 11 is 0. The normalized spacial score (nSPS) is 14.1. The Morgan fingerprint density at radius 2 is 0.839 bits per heavy atom. The fourth-order valence-corrected chi connectivity index (χ4v) is 7.82. The standard InChI is InChI=1S/C48H64N2O6/c1-31(2)49(32(3)4)27-25-39(37-17-13-11-14-18-37)41-29-35(9)21-23-43(41)55-47(53)45(51)46(52)48(54)56-44-24-22-36(10)30-42(44)40(38-19-15-12-16-20-38)26-28-50(33(5)6)34(7)8/h11-24,29-34,39-40,45-46,51-52H,25-28H2,1-10H3. The summed E-state index contributed by atoms with van der Waals surface area (Å²) in [6.45, 7) is 23.1. The second-order valence-electron chi connectivity index (χ2n) is 16.2. The van der Waals surface area contributed by atoms with E-state index in [-0.39, 0.29) is 23.3 Å². The maximum Gasteiger partial charge on any atom is 0.343 e. The summed E-state index contributed by atoms with van der Waals surface area (Å²) in [6, 6.07) is 32.6. The summed E-state index contributed by atoms with van der Waals surface area (Å²) in [4.78, 5) is 32.0. The van der Waals surface area contributed by atoms with Gasteiger partial charge in [-0.05, 0) is 118 Å². The fourth-order valence-electron chi connectivity index (χ4n) is 7.82. The van der Waals surface area contributed by atoms with E-state index < -0.39 is 24.1 Å². The van der Waals surface area contributed by atoms with Gasteiger partial charge in [-0.2, -0.15) is 0 Å². The lowest BCUT2D eigenvalue weighted by Gasteiger charge is -2.32. The zero-order chi connectivity index (χ0) is 41.1. The van der Waals surface area contributed by atoms with E-state index in [9.17, 15) is 19.8 Å². The van der Waals surface area contributed by atoms with Crippen molar-refractivity contribution in [1.82, 2.24) is 9.80 Å². The number of hydrogen-bond donors (Lipinski definition) is 2. The van der Waals surface area contributed by atoms with Crippen LogP contribution in [0.5, 0.6) is 11.5 Å². The highest BCUT2D eigenvalue weighted by atomic mass is 16.6. The minimum atomic E-state index is -2.19. The molecule has 0 fully saturated rings. The van der Waals surface area contributed by atoms with Gasteiger partial charge in [-0.25, -0.2) is 9.59 Å². The number of hydrogen-bond acceptors (Lipinski definition) is 8. The van der Waals surface area contributed by atoms with Crippen LogP contribution < -0.4 is 9.47 Å². The highest BCUT2D eigenvalue weighted by molar-refractivity contribution is 5.87. The van der Waals surface area contributed by atoms with E-state index in [1.54, 1.807) is 12.1 Å². The monoisotopic (exact) mass is 764 g/mol. The van der Waals surface area contributed by atoms with E-state index in [0.717, 1.165) is 59.3 Å². The van der Waals surface area contributed by atoms with Crippen molar-refractivity contribution in [3.8, 4) is 11.5 Å². The van der Waals surface area contributed by atoms with Crippen molar-refractivity contribution < 1.29 is 29.3 Å². The number of carbonyl (C=O) groups excluding carboxylic acids is 2. The second-order valence-corrected chi connectivity index (χ2v) is 16.2. The number of ether oxygens (including phenoxy) is 2. The fraction of sp³-hybridized carbons (Fsp3) is 0.458. The highest BCUT2D eigenvalue weighted by Crippen LogP contribution is 2.38. The number of aryl methyl sites for hydroxylation is 2. The summed E-state index contributed by atoms with van der Waals surface area (Å²) in [5.41, 5.74) is 5.67. The van der Waals surface area contributed by atoms with Crippen molar-refractivity contribution >= 4 is 11.9 Å². The zero-order valence-electron chi connectivity index (χ0n) is 35.1. The molecule has 0 aliphatic heterocycles. The van der Waals surface area contributed by atoms with Crippen molar-refractivity contribution in [2.24, 2.45) is 0 Å². The van der Waals surface area contributed by atoms with Crippen LogP contribution in [-0.4, -0.2) is 81.4 Å². The average molecular weight is 765 g/mol. The van der Waals surface area contributed by atoms with Crippen LogP contribution in [0.15, 0.2) is 97.1 Å². The number of nitrogens with zero attached hydrogens (tertiary/aromatic N) is 2. The minimum absolute atomic E-state index is 0.128. The Morgan fingerprint density at radius 1 is 0.518 bits per heavy atom. The molecule has 0 heterocycles. The topological polar surface area (TPSA) is 99.5 Å². The van der Waals surface area contributed by atoms with Gasteiger partial charge in [-0.3, -0.25) is 9.80 Å². The summed E-state index contributed by atoms with van der Waals surface area (Å²) < 4.78 is 11.7. The van der Waals surface area contributed by atoms with Crippen LogP contribution in [0.3, 0.4) is 0 Å². The number of rotatable bonds is 19. The van der Waals surface area contributed by atoms with Gasteiger partial charge in [-0.15, -0.1) is 0 Å². The summed E-state index contributed by atoms with van der Waals surface area (Å²) in [7, 11) is 0. The Morgan fingerprint density at radius 3 is 1.14 bits per heavy atom. The Kier molecular flexibility index (Phi) is 16.4. The van der Waals surface area contributed by atoms with Gasteiger partial charge >= 0.3 is 11.9 Å². The first kappa shape index (κ1) is 44.4. The van der Waals surface area contributed by atoms with E-state index >= 15 is 0 Å². The molecule has 56 heavy (non-hydrogen) atoms. The van der Waals surface area contributed by atoms with Gasteiger partial charge in [0.1, 0.15) is 11.5 Å². The molecule has 0 aromatic heterocycles. The molecule has 0 bridgehead atoms. The van der Waals surface area contributed by atoms with Crippen LogP contribution >= 0.6 is 0 Å². The van der Waals surface area contributed by atoms with Gasteiger partial charge in [0.05, 0.1) is 0 Å². The van der Waals surface area contributed by atoms with Gasteiger partial charge in [0.2, 0.25) is 0 Å². The average Bonchev–Trinajstić information content (AvgIpc) is 3.16. The molecule has 2 N–H and O–H groups in total. The maximum atomic E-state index is 13.6. The lowest BCUT2D eigenvalue weighted by molar-refractivity contribution is -0.162. The van der Waals surface area contributed by atoms with E-state index in [1.165, 1.54) is 0 Å². The van der Waals surface area contributed by atoms with E-state index in [0.29, 0.717) is 24.2 Å². The highest BCUT2D eigenvalue weighted by Gasteiger charge is 2.35. The lowest BCUT2D eigenvalue weighted by Crippen LogP contribution is -2.44. The molecule has 0 aliphatic carbocycles. The van der Waals surface area contributed by atoms with Gasteiger partial charge in [0.25, 0.3) is 0 Å². The van der Waals surface area contributed by atoms with Crippen molar-refractivity contribution in [2.45, 2.75) is 130 Å². The first-order valence-corrected chi connectivity index (χ1v) is 20.2. The molecule has 8 heteroatoms. The van der Waals surface area contributed by atoms with Crippen LogP contribution in [-0.2, 0) is 9.59 Å². The van der Waals surface area contributed by atoms with Crippen LogP contribution in [0.2, 0.25) is 0 Å². The van der Waals surface area contributed by atoms with Gasteiger partial charge in [0, 0.05) is 47.1 Å². The Bertz CT molecular complexity index is 1690. The Balaban J connectivity index is 1.58. The number of aliphatic hydroxyl groups excluding tert-OH is 2. The molecular weight excluding hydrogens is 701 g/mol. The van der Waals surface area contributed by atoms with Crippen LogP contribution in [0.1, 0.15) is 113 Å². The smallest absolute Gasteiger partial charge is 0.343 e. The molecule has 4 unspecified atom stereocenters. The van der Waals surface area contributed by atoms with E-state index in [2.05, 4.69) is 89.5 Å². The van der Waals surface area contributed by atoms with Crippen LogP contribution in [0.25, 0.3) is 0 Å². The Hall–Kier alpha value is -4.34. The van der Waals surface area contributed by atoms with Crippen LogP contribution in [0, 0.1) is 13.8 Å². The quantitative estimate of drug-likeness (QED) is 0.0723. The minimum Gasteiger partial charge on any atom is -0.424 e. The van der Waals surface area contributed by atoms with Crippen molar-refractivity contribution in [3.63, 3.8) is 0 Å². The molecule has 0 aliphatic rings. The second kappa shape index (κ2) is 20.7. The predicted molar refractivity (Wildman–Crippen MR) is 225 cm³/mol. The number of aliphatic hydroxyl groups is 2. The molecule has 302 valence electrons. The van der Waals surface area contributed by atoms with Crippen molar-refractivity contribution in [2.75, 3.05) is 13.1 Å². The molecule has 8 nitrogen and oxygen atoms in total. The Labute approximate surface area is 335 Å². The summed E-state index contributed by atoms with van der Waals surface area (Å²) in [6.07, 6.45) is -2.87. The van der Waals surface area contributed by atoms with E-state index in [1.807, 2.05) is 74.5 Å². The molecule has 4 aromatic rings. The van der Waals surface area contributed by atoms with Gasteiger partial charge in [0.15, 0.2) is 12.2 Å². The third kappa shape index (κ3) is 11.8. The predicted octanol–water partition coefficient (Wildman–Crippen LogP) is 8.82. The van der Waals surface area contributed by atoms with Crippen molar-refractivity contribution in [3.05, 3.63) is 130 Å². The SMILES string of the molecule is Cc1ccc(OC(=O)C(O)C(O)C(=O)Oc2ccc(C)cc2C(CCN(C(C)C)C(C)C)c2ccccc2)c(C(CCN(C(C)C)C(C)C)c2ccccc2)c1. The third-order valence-electron chi connectivity index (χ3n) is 10.7. The van der Waals surface area contributed by atoms with E-state index in [4.69, 9.17) is 9.47 Å². The van der Waals surface area contributed by atoms with Crippen molar-refractivity contribution in [1.29, 1.82) is 0 Å². The zero-order valence-corrected chi connectivity index (χ0v) is 35.1. The molecule has 0 spiro atoms. The third-order valence-corrected chi connectivity index (χ3v) is 10.7.